The summed E-state index contributed by atoms with van der Waals surface area (Å²) in [5.74, 6) is 0.647. The summed E-state index contributed by atoms with van der Waals surface area (Å²) in [5.41, 5.74) is 0.948. The summed E-state index contributed by atoms with van der Waals surface area (Å²) in [4.78, 5) is 1.43. The van der Waals surface area contributed by atoms with Crippen LogP contribution >= 0.6 is 27.5 Å². The summed E-state index contributed by atoms with van der Waals surface area (Å²) < 4.78 is 0.853. The first kappa shape index (κ1) is 11.3. The molecule has 0 spiro atoms. The van der Waals surface area contributed by atoms with Crippen LogP contribution in [0.2, 0.25) is 5.02 Å². The largest absolute Gasteiger partial charge is 0.378 e. The predicted octanol–water partition coefficient (Wildman–Crippen LogP) is 2.24. The highest BCUT2D eigenvalue weighted by molar-refractivity contribution is 9.10. The quantitative estimate of drug-likeness (QED) is 0.945. The lowest BCUT2D eigenvalue weighted by Crippen LogP contribution is -2.02. The van der Waals surface area contributed by atoms with Gasteiger partial charge in [-0.25, -0.2) is 0 Å². The lowest BCUT2D eigenvalue weighted by atomic mass is 10.3. The van der Waals surface area contributed by atoms with E-state index >= 15 is 0 Å². The van der Waals surface area contributed by atoms with Gasteiger partial charge in [-0.1, -0.05) is 11.6 Å². The van der Waals surface area contributed by atoms with E-state index in [0.29, 0.717) is 17.4 Å². The van der Waals surface area contributed by atoms with Gasteiger partial charge in [-0.3, -0.25) is 0 Å². The van der Waals surface area contributed by atoms with Gasteiger partial charge >= 0.3 is 0 Å². The Morgan fingerprint density at radius 1 is 1.50 bits per heavy atom. The van der Waals surface area contributed by atoms with Crippen LogP contribution in [0.1, 0.15) is 5.82 Å². The summed E-state index contributed by atoms with van der Waals surface area (Å²) in [6, 6.07) is 5.61. The summed E-state index contributed by atoms with van der Waals surface area (Å²) in [6.45, 7) is 0.530. The number of benzene rings is 1. The van der Waals surface area contributed by atoms with Crippen molar-refractivity contribution in [1.29, 1.82) is 0 Å². The SMILES string of the molecule is Cn1nnc(CNc2ccc(Cl)c(Br)c2)n1. The van der Waals surface area contributed by atoms with Crippen molar-refractivity contribution in [3.05, 3.63) is 33.5 Å². The molecule has 2 aromatic rings. The number of aryl methyl sites for hydroxylation is 1. The number of hydrogen-bond acceptors (Lipinski definition) is 4. The van der Waals surface area contributed by atoms with Crippen LogP contribution in [-0.2, 0) is 13.6 Å². The minimum atomic E-state index is 0.530. The van der Waals surface area contributed by atoms with E-state index in [9.17, 15) is 0 Å². The highest BCUT2D eigenvalue weighted by atomic mass is 79.9. The Bertz CT molecular complexity index is 498. The third-order valence-electron chi connectivity index (χ3n) is 1.92. The van der Waals surface area contributed by atoms with E-state index in [1.807, 2.05) is 18.2 Å². The van der Waals surface area contributed by atoms with Crippen LogP contribution in [0.3, 0.4) is 0 Å². The number of nitrogens with one attached hydrogen (secondary N) is 1. The normalized spacial score (nSPS) is 10.4. The van der Waals surface area contributed by atoms with Crippen LogP contribution in [-0.4, -0.2) is 20.2 Å². The molecule has 0 bridgehead atoms. The van der Waals surface area contributed by atoms with Crippen molar-refractivity contribution in [2.45, 2.75) is 6.54 Å². The van der Waals surface area contributed by atoms with Crippen molar-refractivity contribution in [2.75, 3.05) is 5.32 Å². The molecule has 1 heterocycles. The fourth-order valence-electron chi connectivity index (χ4n) is 1.18. The number of halogens is 2. The number of nitrogens with zero attached hydrogens (tertiary/aromatic N) is 4. The van der Waals surface area contributed by atoms with E-state index in [2.05, 4.69) is 36.7 Å². The molecule has 7 heteroatoms. The first-order valence-electron chi connectivity index (χ1n) is 4.57. The van der Waals surface area contributed by atoms with E-state index in [0.717, 1.165) is 10.2 Å². The van der Waals surface area contributed by atoms with Crippen molar-refractivity contribution < 1.29 is 0 Å². The maximum Gasteiger partial charge on any atom is 0.193 e. The van der Waals surface area contributed by atoms with Gasteiger partial charge in [-0.2, -0.15) is 4.80 Å². The summed E-state index contributed by atoms with van der Waals surface area (Å²) in [5, 5.41) is 15.5. The Balaban J connectivity index is 2.02. The second-order valence-electron chi connectivity index (χ2n) is 3.18. The third kappa shape index (κ3) is 2.70. The minimum absolute atomic E-state index is 0.530. The number of aromatic nitrogens is 4. The number of tetrazole rings is 1. The number of rotatable bonds is 3. The molecule has 0 fully saturated rings. The molecule has 0 saturated carbocycles. The van der Waals surface area contributed by atoms with E-state index in [1.165, 1.54) is 4.80 Å². The highest BCUT2D eigenvalue weighted by Crippen LogP contribution is 2.25. The van der Waals surface area contributed by atoms with Crippen molar-refractivity contribution in [3.63, 3.8) is 0 Å². The Kier molecular flexibility index (Phi) is 3.40. The molecule has 0 atom stereocenters. The van der Waals surface area contributed by atoms with Crippen molar-refractivity contribution in [3.8, 4) is 0 Å². The molecule has 0 aliphatic heterocycles. The van der Waals surface area contributed by atoms with Gasteiger partial charge in [0.25, 0.3) is 0 Å². The van der Waals surface area contributed by atoms with Crippen LogP contribution < -0.4 is 5.32 Å². The lowest BCUT2D eigenvalue weighted by Gasteiger charge is -2.04. The van der Waals surface area contributed by atoms with Crippen molar-refractivity contribution in [2.24, 2.45) is 7.05 Å². The Morgan fingerprint density at radius 3 is 2.94 bits per heavy atom. The molecule has 0 radical (unpaired) electrons. The van der Waals surface area contributed by atoms with Crippen LogP contribution in [0, 0.1) is 0 Å². The van der Waals surface area contributed by atoms with Gasteiger partial charge in [-0.15, -0.1) is 10.2 Å². The van der Waals surface area contributed by atoms with Gasteiger partial charge < -0.3 is 5.32 Å². The second kappa shape index (κ2) is 4.80. The van der Waals surface area contributed by atoms with Crippen LogP contribution in [0.4, 0.5) is 5.69 Å². The van der Waals surface area contributed by atoms with E-state index in [1.54, 1.807) is 7.05 Å². The molecule has 1 N–H and O–H groups in total. The number of anilines is 1. The zero-order valence-corrected chi connectivity index (χ0v) is 10.8. The Morgan fingerprint density at radius 2 is 2.31 bits per heavy atom. The zero-order chi connectivity index (χ0) is 11.5. The van der Waals surface area contributed by atoms with Gasteiger partial charge in [0, 0.05) is 10.2 Å². The topological polar surface area (TPSA) is 55.6 Å². The molecule has 0 saturated heterocycles. The molecule has 0 amide bonds. The van der Waals surface area contributed by atoms with Gasteiger partial charge in [0.2, 0.25) is 0 Å². The van der Waals surface area contributed by atoms with E-state index in [4.69, 9.17) is 11.6 Å². The highest BCUT2D eigenvalue weighted by Gasteiger charge is 2.02. The summed E-state index contributed by atoms with van der Waals surface area (Å²) in [7, 11) is 1.73. The van der Waals surface area contributed by atoms with E-state index in [-0.39, 0.29) is 0 Å². The van der Waals surface area contributed by atoms with Crippen molar-refractivity contribution in [1.82, 2.24) is 20.2 Å². The van der Waals surface area contributed by atoms with Gasteiger partial charge in [-0.05, 0) is 39.3 Å². The van der Waals surface area contributed by atoms with Gasteiger partial charge in [0.1, 0.15) is 0 Å². The minimum Gasteiger partial charge on any atom is -0.378 e. The molecule has 2 rings (SSSR count). The Labute approximate surface area is 106 Å². The average molecular weight is 303 g/mol. The maximum atomic E-state index is 5.89. The monoisotopic (exact) mass is 301 g/mol. The molecule has 5 nitrogen and oxygen atoms in total. The second-order valence-corrected chi connectivity index (χ2v) is 4.44. The van der Waals surface area contributed by atoms with E-state index < -0.39 is 0 Å². The zero-order valence-electron chi connectivity index (χ0n) is 8.48. The van der Waals surface area contributed by atoms with Crippen LogP contribution in [0.25, 0.3) is 0 Å². The van der Waals surface area contributed by atoms with Crippen molar-refractivity contribution >= 4 is 33.2 Å². The molecular weight excluding hydrogens is 293 g/mol. The molecule has 1 aromatic heterocycles. The maximum absolute atomic E-state index is 5.89. The lowest BCUT2D eigenvalue weighted by molar-refractivity contribution is 0.628. The smallest absolute Gasteiger partial charge is 0.193 e. The predicted molar refractivity (Wildman–Crippen MR) is 65.3 cm³/mol. The molecule has 0 aliphatic rings. The molecule has 0 unspecified atom stereocenters. The standard InChI is InChI=1S/C9H9BrClN5/c1-16-14-9(13-15-16)5-12-6-2-3-8(11)7(10)4-6/h2-4,12H,5H2,1H3. The fourth-order valence-corrected chi connectivity index (χ4v) is 1.68. The Hall–Kier alpha value is -1.14. The molecule has 0 aliphatic carbocycles. The van der Waals surface area contributed by atoms with Gasteiger partial charge in [0.05, 0.1) is 18.6 Å². The summed E-state index contributed by atoms with van der Waals surface area (Å²) in [6.07, 6.45) is 0. The number of hydrogen-bond donors (Lipinski definition) is 1. The van der Waals surface area contributed by atoms with Crippen LogP contribution in [0.15, 0.2) is 22.7 Å². The first-order valence-corrected chi connectivity index (χ1v) is 5.74. The van der Waals surface area contributed by atoms with Gasteiger partial charge in [0.15, 0.2) is 5.82 Å². The first-order chi connectivity index (χ1) is 7.65. The molecule has 84 valence electrons. The molecule has 1 aromatic carbocycles. The molecule has 16 heavy (non-hydrogen) atoms. The summed E-state index contributed by atoms with van der Waals surface area (Å²) >= 11 is 9.25. The third-order valence-corrected chi connectivity index (χ3v) is 3.13. The average Bonchev–Trinajstić information content (AvgIpc) is 2.66. The van der Waals surface area contributed by atoms with Crippen LogP contribution in [0.5, 0.6) is 0 Å². The fraction of sp³-hybridized carbons (Fsp3) is 0.222. The molecular formula is C9H9BrClN5.